The third kappa shape index (κ3) is 2.49. The summed E-state index contributed by atoms with van der Waals surface area (Å²) in [7, 11) is -3.43. The minimum atomic E-state index is -3.43. The van der Waals surface area contributed by atoms with Crippen LogP contribution in [0.1, 0.15) is 10.6 Å². The fourth-order valence-electron chi connectivity index (χ4n) is 1.12. The summed E-state index contributed by atoms with van der Waals surface area (Å²) in [5, 5.41) is 0. The molecule has 7 heteroatoms. The van der Waals surface area contributed by atoms with Gasteiger partial charge < -0.3 is 4.42 Å². The summed E-state index contributed by atoms with van der Waals surface area (Å²) in [6.45, 7) is 2.00. The summed E-state index contributed by atoms with van der Waals surface area (Å²) < 4.78 is 31.1. The van der Waals surface area contributed by atoms with Crippen LogP contribution in [0.5, 0.6) is 0 Å². The number of aryl methyl sites for hydroxylation is 1. The molecule has 0 bridgehead atoms. The normalized spacial score (nSPS) is 11.8. The zero-order chi connectivity index (χ0) is 11.6. The standard InChI is InChI=1S/C9H10N2O3S2/c1-7-2-3-9(15-7)16(12,13)11-4-8-5-14-6-10-8/h2-3,5-6,11H,4H2,1H3. The number of nitrogens with zero attached hydrogens (tertiary/aromatic N) is 1. The van der Waals surface area contributed by atoms with Crippen molar-refractivity contribution >= 4 is 21.4 Å². The first-order valence-electron chi connectivity index (χ1n) is 4.51. The molecule has 0 aromatic carbocycles. The van der Waals surface area contributed by atoms with E-state index >= 15 is 0 Å². The highest BCUT2D eigenvalue weighted by Crippen LogP contribution is 2.20. The van der Waals surface area contributed by atoms with Crippen LogP contribution < -0.4 is 4.72 Å². The molecule has 0 atom stereocenters. The van der Waals surface area contributed by atoms with Crippen molar-refractivity contribution in [3.63, 3.8) is 0 Å². The van der Waals surface area contributed by atoms with Gasteiger partial charge in [-0.25, -0.2) is 18.1 Å². The van der Waals surface area contributed by atoms with Gasteiger partial charge in [0.25, 0.3) is 0 Å². The molecule has 0 aliphatic heterocycles. The van der Waals surface area contributed by atoms with Gasteiger partial charge in [-0.05, 0) is 19.1 Å². The predicted molar refractivity (Wildman–Crippen MR) is 59.6 cm³/mol. The molecule has 0 saturated carbocycles. The van der Waals surface area contributed by atoms with Crippen molar-refractivity contribution in [2.45, 2.75) is 17.7 Å². The second kappa shape index (κ2) is 4.36. The molecule has 0 radical (unpaired) electrons. The molecule has 86 valence electrons. The maximum atomic E-state index is 11.8. The Balaban J connectivity index is 2.09. The van der Waals surface area contributed by atoms with Crippen LogP contribution in [0.4, 0.5) is 0 Å². The smallest absolute Gasteiger partial charge is 0.250 e. The van der Waals surface area contributed by atoms with Gasteiger partial charge >= 0.3 is 0 Å². The van der Waals surface area contributed by atoms with Crippen LogP contribution >= 0.6 is 11.3 Å². The molecule has 2 heterocycles. The average molecular weight is 258 g/mol. The zero-order valence-electron chi connectivity index (χ0n) is 8.50. The van der Waals surface area contributed by atoms with E-state index in [4.69, 9.17) is 4.42 Å². The second-order valence-electron chi connectivity index (χ2n) is 3.17. The molecule has 1 N–H and O–H groups in total. The average Bonchev–Trinajstić information content (AvgIpc) is 2.85. The van der Waals surface area contributed by atoms with E-state index < -0.39 is 10.0 Å². The summed E-state index contributed by atoms with van der Waals surface area (Å²) in [6.07, 6.45) is 2.67. The van der Waals surface area contributed by atoms with Gasteiger partial charge in [0.15, 0.2) is 6.39 Å². The Morgan fingerprint density at radius 1 is 1.50 bits per heavy atom. The molecule has 0 amide bonds. The van der Waals surface area contributed by atoms with Crippen molar-refractivity contribution in [2.75, 3.05) is 0 Å². The quantitative estimate of drug-likeness (QED) is 0.902. The number of aromatic nitrogens is 1. The predicted octanol–water partition coefficient (Wildman–Crippen LogP) is 1.52. The number of rotatable bonds is 4. The number of thiophene rings is 1. The summed E-state index contributed by atoms with van der Waals surface area (Å²) in [5.41, 5.74) is 0.553. The van der Waals surface area contributed by atoms with Gasteiger partial charge in [-0.3, -0.25) is 0 Å². The molecule has 0 aliphatic rings. The van der Waals surface area contributed by atoms with Crippen LogP contribution in [-0.2, 0) is 16.6 Å². The molecule has 2 rings (SSSR count). The molecule has 0 saturated heterocycles. The van der Waals surface area contributed by atoms with E-state index in [1.165, 1.54) is 24.0 Å². The lowest BCUT2D eigenvalue weighted by Gasteiger charge is -2.01. The lowest BCUT2D eigenvalue weighted by atomic mass is 10.5. The molecular weight excluding hydrogens is 248 g/mol. The van der Waals surface area contributed by atoms with Gasteiger partial charge in [-0.2, -0.15) is 0 Å². The van der Waals surface area contributed by atoms with Crippen LogP contribution in [0.25, 0.3) is 0 Å². The second-order valence-corrected chi connectivity index (χ2v) is 6.45. The number of sulfonamides is 1. The van der Waals surface area contributed by atoms with Crippen LogP contribution in [0.3, 0.4) is 0 Å². The maximum absolute atomic E-state index is 11.8. The van der Waals surface area contributed by atoms with Crippen LogP contribution in [0, 0.1) is 6.92 Å². The van der Waals surface area contributed by atoms with E-state index in [1.807, 2.05) is 6.92 Å². The van der Waals surface area contributed by atoms with E-state index in [-0.39, 0.29) is 6.54 Å². The highest BCUT2D eigenvalue weighted by molar-refractivity contribution is 7.91. The number of hydrogen-bond acceptors (Lipinski definition) is 5. The van der Waals surface area contributed by atoms with Crippen molar-refractivity contribution in [3.05, 3.63) is 35.4 Å². The molecule has 16 heavy (non-hydrogen) atoms. The van der Waals surface area contributed by atoms with Crippen molar-refractivity contribution in [3.8, 4) is 0 Å². The Morgan fingerprint density at radius 2 is 2.31 bits per heavy atom. The summed E-state index contributed by atoms with van der Waals surface area (Å²) in [4.78, 5) is 4.79. The Labute approximate surface area is 97.2 Å². The Bertz CT molecular complexity index is 557. The van der Waals surface area contributed by atoms with Gasteiger partial charge in [-0.1, -0.05) is 0 Å². The number of hydrogen-bond donors (Lipinski definition) is 1. The van der Waals surface area contributed by atoms with E-state index in [0.29, 0.717) is 9.90 Å². The molecule has 0 unspecified atom stereocenters. The first-order valence-corrected chi connectivity index (χ1v) is 6.81. The Morgan fingerprint density at radius 3 is 2.88 bits per heavy atom. The Kier molecular flexibility index (Phi) is 3.08. The Hall–Kier alpha value is -1.18. The fraction of sp³-hybridized carbons (Fsp3) is 0.222. The third-order valence-corrected chi connectivity index (χ3v) is 4.80. The largest absolute Gasteiger partial charge is 0.451 e. The van der Waals surface area contributed by atoms with Crippen molar-refractivity contribution < 1.29 is 12.8 Å². The van der Waals surface area contributed by atoms with Crippen LogP contribution in [-0.4, -0.2) is 13.4 Å². The van der Waals surface area contributed by atoms with Gasteiger partial charge in [0, 0.05) is 4.88 Å². The summed E-state index contributed by atoms with van der Waals surface area (Å²) >= 11 is 1.24. The molecular formula is C9H10N2O3S2. The molecule has 5 nitrogen and oxygen atoms in total. The van der Waals surface area contributed by atoms with Crippen molar-refractivity contribution in [1.29, 1.82) is 0 Å². The molecule has 0 spiro atoms. The first kappa shape index (κ1) is 11.3. The summed E-state index contributed by atoms with van der Waals surface area (Å²) in [5.74, 6) is 0. The van der Waals surface area contributed by atoms with E-state index in [2.05, 4.69) is 9.71 Å². The van der Waals surface area contributed by atoms with E-state index in [1.54, 1.807) is 12.1 Å². The molecule has 2 aromatic heterocycles. The van der Waals surface area contributed by atoms with Gasteiger partial charge in [0.1, 0.15) is 10.5 Å². The minimum Gasteiger partial charge on any atom is -0.451 e. The molecule has 0 fully saturated rings. The van der Waals surface area contributed by atoms with Crippen molar-refractivity contribution in [2.24, 2.45) is 0 Å². The van der Waals surface area contributed by atoms with Crippen LogP contribution in [0.2, 0.25) is 0 Å². The lowest BCUT2D eigenvalue weighted by Crippen LogP contribution is -2.22. The minimum absolute atomic E-state index is 0.135. The third-order valence-electron chi connectivity index (χ3n) is 1.91. The maximum Gasteiger partial charge on any atom is 0.250 e. The first-order chi connectivity index (χ1) is 7.58. The molecule has 0 aliphatic carbocycles. The van der Waals surface area contributed by atoms with Gasteiger partial charge in [0.05, 0.1) is 12.2 Å². The lowest BCUT2D eigenvalue weighted by molar-refractivity contribution is 0.555. The molecule has 2 aromatic rings. The van der Waals surface area contributed by atoms with Crippen LogP contribution in [0.15, 0.2) is 33.4 Å². The van der Waals surface area contributed by atoms with Gasteiger partial charge in [-0.15, -0.1) is 11.3 Å². The number of nitrogens with one attached hydrogen (secondary N) is 1. The highest BCUT2D eigenvalue weighted by Gasteiger charge is 2.15. The monoisotopic (exact) mass is 258 g/mol. The SMILES string of the molecule is Cc1ccc(S(=O)(=O)NCc2cocn2)s1. The van der Waals surface area contributed by atoms with E-state index in [9.17, 15) is 8.42 Å². The topological polar surface area (TPSA) is 72.2 Å². The highest BCUT2D eigenvalue weighted by atomic mass is 32.2. The number of oxazole rings is 1. The van der Waals surface area contributed by atoms with Crippen molar-refractivity contribution in [1.82, 2.24) is 9.71 Å². The van der Waals surface area contributed by atoms with Gasteiger partial charge in [0.2, 0.25) is 10.0 Å². The fourth-order valence-corrected chi connectivity index (χ4v) is 3.45. The zero-order valence-corrected chi connectivity index (χ0v) is 10.1. The summed E-state index contributed by atoms with van der Waals surface area (Å²) in [6, 6.07) is 3.36. The van der Waals surface area contributed by atoms with E-state index in [0.717, 1.165) is 4.88 Å².